The number of anilines is 2. The van der Waals surface area contributed by atoms with Gasteiger partial charge in [-0.25, -0.2) is 8.42 Å². The van der Waals surface area contributed by atoms with E-state index in [1.54, 1.807) is 36.1 Å². The van der Waals surface area contributed by atoms with Crippen molar-refractivity contribution in [3.63, 3.8) is 0 Å². The van der Waals surface area contributed by atoms with Crippen molar-refractivity contribution in [1.29, 1.82) is 0 Å². The van der Waals surface area contributed by atoms with Crippen LogP contribution >= 0.6 is 0 Å². The first-order valence-electron chi connectivity index (χ1n) is 10.6. The minimum atomic E-state index is -4.65. The molecule has 0 saturated carbocycles. The van der Waals surface area contributed by atoms with Crippen molar-refractivity contribution >= 4 is 33.2 Å². The minimum Gasteiger partial charge on any atom is -0.323 e. The third-order valence-electron chi connectivity index (χ3n) is 6.01. The molecule has 34 heavy (non-hydrogen) atoms. The Bertz CT molecular complexity index is 1210. The minimum absolute atomic E-state index is 0.0211. The lowest BCUT2D eigenvalue weighted by Crippen LogP contribution is -2.56. The number of amides is 2. The summed E-state index contributed by atoms with van der Waals surface area (Å²) in [5.74, 6) is -0.604. The predicted octanol–water partition coefficient (Wildman–Crippen LogP) is 2.39. The van der Waals surface area contributed by atoms with Gasteiger partial charge in [-0.15, -0.1) is 0 Å². The van der Waals surface area contributed by atoms with Gasteiger partial charge in [0.25, 0.3) is 0 Å². The maximum Gasteiger partial charge on any atom is 0.416 e. The average Bonchev–Trinajstić information content (AvgIpc) is 2.82. The number of carbonyl (C=O) groups excluding carboxylic acids is 2. The van der Waals surface area contributed by atoms with Gasteiger partial charge in [0.1, 0.15) is 6.54 Å². The van der Waals surface area contributed by atoms with Crippen LogP contribution in [0.4, 0.5) is 24.5 Å². The van der Waals surface area contributed by atoms with Gasteiger partial charge in [0, 0.05) is 26.2 Å². The van der Waals surface area contributed by atoms with Crippen molar-refractivity contribution in [2.75, 3.05) is 42.9 Å². The van der Waals surface area contributed by atoms with Gasteiger partial charge in [0.2, 0.25) is 21.8 Å². The molecule has 0 bridgehead atoms. The molecule has 0 radical (unpaired) electrons. The maximum absolute atomic E-state index is 13.2. The predicted molar refractivity (Wildman–Crippen MR) is 119 cm³/mol. The van der Waals surface area contributed by atoms with Gasteiger partial charge < -0.3 is 5.32 Å². The standard InChI is InChI=1S/C22H23F3N4O4S/c1-15(21(31)29-14-20(30)26-18-7-2-3-8-19(18)29)27-9-11-28(12-10-27)34(32,33)17-6-4-5-16(13-17)22(23,24)25/h2-8,13,15H,9-12,14H2,1H3,(H,26,30)/t15-/m0/s1. The molecule has 1 fully saturated rings. The number of carbonyl (C=O) groups is 2. The highest BCUT2D eigenvalue weighted by Crippen LogP contribution is 2.32. The molecule has 2 aromatic carbocycles. The summed E-state index contributed by atoms with van der Waals surface area (Å²) in [4.78, 5) is 28.0. The lowest BCUT2D eigenvalue weighted by atomic mass is 10.1. The SMILES string of the molecule is C[C@@H](C(=O)N1CC(=O)Nc2ccccc21)N1CCN(S(=O)(=O)c2cccc(C(F)(F)F)c2)CC1. The topological polar surface area (TPSA) is 90.0 Å². The van der Waals surface area contributed by atoms with Crippen LogP contribution in [-0.2, 0) is 25.8 Å². The molecular formula is C22H23F3N4O4S. The lowest BCUT2D eigenvalue weighted by Gasteiger charge is -2.39. The zero-order valence-corrected chi connectivity index (χ0v) is 19.1. The number of sulfonamides is 1. The van der Waals surface area contributed by atoms with E-state index in [1.807, 2.05) is 0 Å². The number of nitrogens with zero attached hydrogens (tertiary/aromatic N) is 3. The van der Waals surface area contributed by atoms with Crippen molar-refractivity contribution in [2.45, 2.75) is 24.0 Å². The van der Waals surface area contributed by atoms with Crippen molar-refractivity contribution in [2.24, 2.45) is 0 Å². The van der Waals surface area contributed by atoms with Gasteiger partial charge in [-0.05, 0) is 37.3 Å². The average molecular weight is 497 g/mol. The van der Waals surface area contributed by atoms with Gasteiger partial charge in [-0.1, -0.05) is 18.2 Å². The molecular weight excluding hydrogens is 473 g/mol. The Kier molecular flexibility index (Phi) is 6.40. The van der Waals surface area contributed by atoms with E-state index >= 15 is 0 Å². The normalized spacial score (nSPS) is 18.8. The van der Waals surface area contributed by atoms with E-state index in [2.05, 4.69) is 5.32 Å². The van der Waals surface area contributed by atoms with Crippen LogP contribution in [0, 0.1) is 0 Å². The first-order valence-corrected chi connectivity index (χ1v) is 12.0. The number of nitrogens with one attached hydrogen (secondary N) is 1. The number of para-hydroxylation sites is 2. The van der Waals surface area contributed by atoms with Crippen molar-refractivity contribution in [1.82, 2.24) is 9.21 Å². The molecule has 8 nitrogen and oxygen atoms in total. The van der Waals surface area contributed by atoms with Crippen molar-refractivity contribution < 1.29 is 31.2 Å². The molecule has 0 unspecified atom stereocenters. The lowest BCUT2D eigenvalue weighted by molar-refractivity contribution is -0.137. The quantitative estimate of drug-likeness (QED) is 0.702. The van der Waals surface area contributed by atoms with E-state index < -0.39 is 32.7 Å². The fourth-order valence-electron chi connectivity index (χ4n) is 4.12. The van der Waals surface area contributed by atoms with E-state index in [-0.39, 0.29) is 44.5 Å². The number of fused-ring (bicyclic) bond motifs is 1. The summed E-state index contributed by atoms with van der Waals surface area (Å²) in [6, 6.07) is 9.99. The van der Waals surface area contributed by atoms with Crippen LogP contribution in [0.2, 0.25) is 0 Å². The Balaban J connectivity index is 1.45. The molecule has 0 spiro atoms. The Morgan fingerprint density at radius 3 is 2.38 bits per heavy atom. The number of hydrogen-bond acceptors (Lipinski definition) is 5. The molecule has 0 aromatic heterocycles. The molecule has 2 aliphatic rings. The van der Waals surface area contributed by atoms with Gasteiger partial charge in [-0.3, -0.25) is 19.4 Å². The molecule has 1 atom stereocenters. The van der Waals surface area contributed by atoms with E-state index in [9.17, 15) is 31.2 Å². The van der Waals surface area contributed by atoms with E-state index in [0.717, 1.165) is 22.5 Å². The summed E-state index contributed by atoms with van der Waals surface area (Å²) < 4.78 is 66.0. The van der Waals surface area contributed by atoms with Gasteiger partial charge in [0.15, 0.2) is 0 Å². The fraction of sp³-hybridized carbons (Fsp3) is 0.364. The van der Waals surface area contributed by atoms with Crippen LogP contribution in [0.5, 0.6) is 0 Å². The second-order valence-electron chi connectivity index (χ2n) is 8.13. The van der Waals surface area contributed by atoms with Gasteiger partial charge in [0.05, 0.1) is 27.9 Å². The molecule has 2 aliphatic heterocycles. The fourth-order valence-corrected chi connectivity index (χ4v) is 5.59. The van der Waals surface area contributed by atoms with Crippen LogP contribution in [0.1, 0.15) is 12.5 Å². The summed E-state index contributed by atoms with van der Waals surface area (Å²) in [6.45, 7) is 2.04. The van der Waals surface area contributed by atoms with Crippen molar-refractivity contribution in [3.8, 4) is 0 Å². The summed E-state index contributed by atoms with van der Waals surface area (Å²) in [6.07, 6.45) is -4.65. The molecule has 4 rings (SSSR count). The van der Waals surface area contributed by atoms with E-state index in [1.165, 1.54) is 4.90 Å². The third-order valence-corrected chi connectivity index (χ3v) is 7.91. The Labute approximate surface area is 195 Å². The Hall–Kier alpha value is -2.96. The number of halogens is 3. The van der Waals surface area contributed by atoms with Gasteiger partial charge in [-0.2, -0.15) is 17.5 Å². The number of piperazine rings is 1. The third kappa shape index (κ3) is 4.65. The first kappa shape index (κ1) is 24.2. The van der Waals surface area contributed by atoms with Crippen LogP contribution < -0.4 is 10.2 Å². The van der Waals surface area contributed by atoms with Crippen molar-refractivity contribution in [3.05, 3.63) is 54.1 Å². The highest BCUT2D eigenvalue weighted by Gasteiger charge is 2.37. The molecule has 12 heteroatoms. The summed E-state index contributed by atoms with van der Waals surface area (Å²) >= 11 is 0. The first-order chi connectivity index (χ1) is 16.0. The smallest absolute Gasteiger partial charge is 0.323 e. The van der Waals surface area contributed by atoms with Crippen LogP contribution in [0.15, 0.2) is 53.4 Å². The van der Waals surface area contributed by atoms with E-state index in [4.69, 9.17) is 0 Å². The van der Waals surface area contributed by atoms with E-state index in [0.29, 0.717) is 17.4 Å². The van der Waals surface area contributed by atoms with Crippen LogP contribution in [0.25, 0.3) is 0 Å². The molecule has 1 saturated heterocycles. The summed E-state index contributed by atoms with van der Waals surface area (Å²) in [5, 5.41) is 2.72. The number of alkyl halides is 3. The highest BCUT2D eigenvalue weighted by atomic mass is 32.2. The monoisotopic (exact) mass is 496 g/mol. The molecule has 1 N–H and O–H groups in total. The molecule has 0 aliphatic carbocycles. The van der Waals surface area contributed by atoms with Gasteiger partial charge >= 0.3 is 6.18 Å². The summed E-state index contributed by atoms with van der Waals surface area (Å²) in [7, 11) is -4.12. The molecule has 182 valence electrons. The molecule has 2 heterocycles. The largest absolute Gasteiger partial charge is 0.416 e. The van der Waals surface area contributed by atoms with Crippen LogP contribution in [-0.4, -0.2) is 68.2 Å². The molecule has 2 aromatic rings. The number of rotatable bonds is 4. The van der Waals surface area contributed by atoms with Crippen LogP contribution in [0.3, 0.4) is 0 Å². The zero-order chi connectivity index (χ0) is 24.7. The Morgan fingerprint density at radius 2 is 1.71 bits per heavy atom. The second kappa shape index (κ2) is 9.01. The number of benzene rings is 2. The summed E-state index contributed by atoms with van der Waals surface area (Å²) in [5.41, 5.74) is 0.0956. The molecule has 2 amide bonds. The zero-order valence-electron chi connectivity index (χ0n) is 18.2. The Morgan fingerprint density at radius 1 is 1.03 bits per heavy atom. The number of hydrogen-bond donors (Lipinski definition) is 1. The maximum atomic E-state index is 13.2. The second-order valence-corrected chi connectivity index (χ2v) is 10.1. The highest BCUT2D eigenvalue weighted by molar-refractivity contribution is 7.89.